The van der Waals surface area contributed by atoms with Crippen LogP contribution in [0, 0.1) is 0 Å². The molecule has 1 aromatic rings. The normalized spacial score (nSPS) is 11.4. The minimum Gasteiger partial charge on any atom is -0.417 e. The van der Waals surface area contributed by atoms with Crippen molar-refractivity contribution < 1.29 is 23.1 Å². The first-order valence-electron chi connectivity index (χ1n) is 9.29. The van der Waals surface area contributed by atoms with Gasteiger partial charge in [0.15, 0.2) is 0 Å². The smallest absolute Gasteiger partial charge is 0.417 e. The molecule has 0 amide bonds. The number of para-hydroxylation sites is 1. The van der Waals surface area contributed by atoms with E-state index in [0.717, 1.165) is 51.4 Å². The average Bonchev–Trinajstić information content (AvgIpc) is 2.62. The molecule has 5 nitrogen and oxygen atoms in total. The summed E-state index contributed by atoms with van der Waals surface area (Å²) in [5.74, 6) is 0.330. The number of unbranched alkanes of at least 4 members (excludes halogenated alkanes) is 6. The summed E-state index contributed by atoms with van der Waals surface area (Å²) >= 11 is 0. The van der Waals surface area contributed by atoms with Gasteiger partial charge in [0.2, 0.25) is 0 Å². The third kappa shape index (κ3) is 9.20. The molecule has 0 N–H and O–H groups in total. The molecule has 0 aliphatic carbocycles. The van der Waals surface area contributed by atoms with Crippen molar-refractivity contribution in [1.29, 1.82) is 0 Å². The summed E-state index contributed by atoms with van der Waals surface area (Å²) in [5.41, 5.74) is -0.940. The van der Waals surface area contributed by atoms with E-state index in [4.69, 9.17) is 13.8 Å². The van der Waals surface area contributed by atoms with Gasteiger partial charge in [-0.05, 0) is 25.0 Å². The van der Waals surface area contributed by atoms with E-state index in [-0.39, 0.29) is 13.2 Å². The van der Waals surface area contributed by atoms with Crippen LogP contribution in [0.15, 0.2) is 30.3 Å². The van der Waals surface area contributed by atoms with Crippen molar-refractivity contribution in [3.8, 4) is 5.75 Å². The maximum Gasteiger partial charge on any atom is 0.438 e. The summed E-state index contributed by atoms with van der Waals surface area (Å²) in [5, 5.41) is 0. The van der Waals surface area contributed by atoms with E-state index >= 15 is 0 Å². The Morgan fingerprint density at radius 3 is 1.84 bits per heavy atom. The van der Waals surface area contributed by atoms with Gasteiger partial charge in [0.25, 0.3) is 0 Å². The molecule has 25 heavy (non-hydrogen) atoms. The Morgan fingerprint density at radius 1 is 0.840 bits per heavy atom. The molecule has 0 radical (unpaired) electrons. The van der Waals surface area contributed by atoms with E-state index in [1.807, 2.05) is 6.07 Å². The van der Waals surface area contributed by atoms with Crippen LogP contribution in [0.1, 0.15) is 65.2 Å². The minimum absolute atomic E-state index is 0.232. The highest BCUT2D eigenvalue weighted by atomic mass is 31.2. The number of benzene rings is 1. The van der Waals surface area contributed by atoms with Gasteiger partial charge in [-0.2, -0.15) is 0 Å². The van der Waals surface area contributed by atoms with Crippen LogP contribution in [0.3, 0.4) is 0 Å². The molecule has 0 bridgehead atoms. The molecule has 0 fully saturated rings. The van der Waals surface area contributed by atoms with Gasteiger partial charge in [0.1, 0.15) is 5.75 Å². The summed E-state index contributed by atoms with van der Waals surface area (Å²) < 4.78 is 28.8. The Kier molecular flexibility index (Phi) is 11.5. The van der Waals surface area contributed by atoms with Crippen molar-refractivity contribution in [3.05, 3.63) is 30.3 Å². The van der Waals surface area contributed by atoms with Crippen molar-refractivity contribution in [2.24, 2.45) is 0 Å². The quantitative estimate of drug-likeness (QED) is 0.274. The van der Waals surface area contributed by atoms with Crippen molar-refractivity contribution in [2.75, 3.05) is 13.2 Å². The Hall–Kier alpha value is -1.16. The molecule has 6 heteroatoms. The van der Waals surface area contributed by atoms with Gasteiger partial charge in [0, 0.05) is 0 Å². The molecule has 0 atom stereocenters. The predicted octanol–water partition coefficient (Wildman–Crippen LogP) is 6.57. The van der Waals surface area contributed by atoms with Crippen LogP contribution < -0.4 is 4.74 Å². The molecule has 0 spiro atoms. The highest BCUT2D eigenvalue weighted by Gasteiger charge is 2.37. The van der Waals surface area contributed by atoms with Crippen LogP contribution in [-0.2, 0) is 13.6 Å². The van der Waals surface area contributed by atoms with Crippen LogP contribution in [-0.4, -0.2) is 18.9 Å². The maximum absolute atomic E-state index is 12.9. The summed E-state index contributed by atoms with van der Waals surface area (Å²) in [6, 6.07) is 8.55. The third-order valence-electron chi connectivity index (χ3n) is 3.69. The third-order valence-corrected chi connectivity index (χ3v) is 5.27. The molecule has 0 aliphatic rings. The average molecular weight is 370 g/mol. The molecular weight excluding hydrogens is 339 g/mol. The van der Waals surface area contributed by atoms with Gasteiger partial charge in [-0.25, -0.2) is 9.36 Å². The Bertz CT molecular complexity index is 500. The lowest BCUT2D eigenvalue weighted by molar-refractivity contribution is 0.175. The second-order valence-corrected chi connectivity index (χ2v) is 7.84. The molecule has 0 aliphatic heterocycles. The molecule has 1 aromatic carbocycles. The van der Waals surface area contributed by atoms with Gasteiger partial charge < -0.3 is 13.8 Å². The molecule has 0 unspecified atom stereocenters. The minimum atomic E-state index is -3.93. The van der Waals surface area contributed by atoms with Crippen molar-refractivity contribution in [3.63, 3.8) is 0 Å². The summed E-state index contributed by atoms with van der Waals surface area (Å²) in [4.78, 5) is 12.3. The fourth-order valence-corrected chi connectivity index (χ4v) is 3.46. The molecule has 0 saturated carbocycles. The highest BCUT2D eigenvalue weighted by molar-refractivity contribution is 7.71. The van der Waals surface area contributed by atoms with E-state index in [2.05, 4.69) is 13.8 Å². The SMILES string of the molecule is CCCCCCOP(=O)(OCCCCCC)C(=O)Oc1ccccc1. The van der Waals surface area contributed by atoms with E-state index in [9.17, 15) is 9.36 Å². The zero-order valence-electron chi connectivity index (χ0n) is 15.4. The van der Waals surface area contributed by atoms with Gasteiger partial charge in [-0.3, -0.25) is 0 Å². The summed E-state index contributed by atoms with van der Waals surface area (Å²) in [7, 11) is -3.93. The molecular formula is C19H31O5P. The van der Waals surface area contributed by atoms with E-state index in [1.165, 1.54) is 0 Å². The molecule has 142 valence electrons. The van der Waals surface area contributed by atoms with Crippen LogP contribution in [0.5, 0.6) is 5.75 Å². The second-order valence-electron chi connectivity index (χ2n) is 5.97. The van der Waals surface area contributed by atoms with E-state index in [0.29, 0.717) is 5.75 Å². The van der Waals surface area contributed by atoms with Crippen LogP contribution in [0.2, 0.25) is 0 Å². The molecule has 0 saturated heterocycles. The lowest BCUT2D eigenvalue weighted by Crippen LogP contribution is -2.13. The zero-order valence-corrected chi connectivity index (χ0v) is 16.3. The number of carbonyl (C=O) groups is 1. The summed E-state index contributed by atoms with van der Waals surface area (Å²) in [6.45, 7) is 4.69. The van der Waals surface area contributed by atoms with Crippen molar-refractivity contribution >= 4 is 13.3 Å². The second kappa shape index (κ2) is 13.1. The van der Waals surface area contributed by atoms with Gasteiger partial charge in [0.05, 0.1) is 13.2 Å². The van der Waals surface area contributed by atoms with Crippen LogP contribution >= 0.6 is 7.60 Å². The first-order valence-corrected chi connectivity index (χ1v) is 10.8. The Labute approximate surface area is 151 Å². The lowest BCUT2D eigenvalue weighted by atomic mass is 10.2. The van der Waals surface area contributed by atoms with Crippen LogP contribution in [0.4, 0.5) is 4.79 Å². The van der Waals surface area contributed by atoms with E-state index < -0.39 is 13.3 Å². The highest BCUT2D eigenvalue weighted by Crippen LogP contribution is 2.50. The van der Waals surface area contributed by atoms with Gasteiger partial charge >= 0.3 is 13.3 Å². The standard InChI is InChI=1S/C19H31O5P/c1-3-5-7-12-16-22-25(21,23-17-13-8-6-4-2)19(20)24-18-14-10-9-11-15-18/h9-11,14-15H,3-8,12-13,16-17H2,1-2H3. The first-order chi connectivity index (χ1) is 12.1. The maximum atomic E-state index is 12.9. The van der Waals surface area contributed by atoms with Crippen molar-refractivity contribution in [1.82, 2.24) is 0 Å². The lowest BCUT2D eigenvalue weighted by Gasteiger charge is -2.17. The van der Waals surface area contributed by atoms with E-state index in [1.54, 1.807) is 24.3 Å². The van der Waals surface area contributed by atoms with Gasteiger partial charge in [-0.15, -0.1) is 0 Å². The van der Waals surface area contributed by atoms with Gasteiger partial charge in [-0.1, -0.05) is 70.6 Å². The number of carbonyl (C=O) groups excluding carboxylic acids is 1. The Morgan fingerprint density at radius 2 is 1.36 bits per heavy atom. The summed E-state index contributed by atoms with van der Waals surface area (Å²) in [6.07, 6.45) is 7.80. The van der Waals surface area contributed by atoms with Crippen molar-refractivity contribution in [2.45, 2.75) is 65.2 Å². The fraction of sp³-hybridized carbons (Fsp3) is 0.632. The largest absolute Gasteiger partial charge is 0.438 e. The monoisotopic (exact) mass is 370 g/mol. The number of ether oxygens (including phenoxy) is 1. The number of hydrogen-bond donors (Lipinski definition) is 0. The molecule has 1 rings (SSSR count). The Balaban J connectivity index is 2.58. The number of rotatable bonds is 14. The predicted molar refractivity (Wildman–Crippen MR) is 100 cm³/mol. The fourth-order valence-electron chi connectivity index (χ4n) is 2.22. The molecule has 0 aromatic heterocycles. The van der Waals surface area contributed by atoms with Crippen LogP contribution in [0.25, 0.3) is 0 Å². The number of hydrogen-bond acceptors (Lipinski definition) is 5. The first kappa shape index (κ1) is 21.9. The molecule has 0 heterocycles. The topological polar surface area (TPSA) is 61.8 Å². The zero-order chi connectivity index (χ0) is 18.4.